The molecule has 5 rings (SSSR count). The fourth-order valence-electron chi connectivity index (χ4n) is 5.87. The molecule has 1 atom stereocenters. The van der Waals surface area contributed by atoms with Crippen LogP contribution in [0, 0.1) is 17.8 Å². The molecule has 4 aliphatic carbocycles. The number of rotatable bonds is 2. The van der Waals surface area contributed by atoms with Gasteiger partial charge in [0.15, 0.2) is 0 Å². The fraction of sp³-hybridized carbons (Fsp3) is 1.00. The minimum Gasteiger partial charge on any atom is -0.329 e. The van der Waals surface area contributed by atoms with Crippen molar-refractivity contribution in [2.45, 2.75) is 50.1 Å². The van der Waals surface area contributed by atoms with Gasteiger partial charge in [0.2, 0.25) is 0 Å². The SMILES string of the molecule is NCC1CN(C23CC4CC(CC(C4)C2)C3)CCN1. The molecular formula is C15H27N3. The summed E-state index contributed by atoms with van der Waals surface area (Å²) in [5.41, 5.74) is 6.46. The minimum atomic E-state index is 0.534. The Morgan fingerprint density at radius 3 is 2.22 bits per heavy atom. The van der Waals surface area contributed by atoms with E-state index in [1.165, 1.54) is 32.4 Å². The van der Waals surface area contributed by atoms with Crippen molar-refractivity contribution in [1.82, 2.24) is 10.2 Å². The summed E-state index contributed by atoms with van der Waals surface area (Å²) in [6.45, 7) is 4.39. The quantitative estimate of drug-likeness (QED) is 0.772. The highest BCUT2D eigenvalue weighted by Gasteiger charge is 2.53. The second-order valence-corrected chi connectivity index (χ2v) is 7.47. The van der Waals surface area contributed by atoms with E-state index in [1.54, 1.807) is 19.3 Å². The van der Waals surface area contributed by atoms with Crippen molar-refractivity contribution in [1.29, 1.82) is 0 Å². The number of hydrogen-bond acceptors (Lipinski definition) is 3. The highest BCUT2D eigenvalue weighted by atomic mass is 15.3. The summed E-state index contributed by atoms with van der Waals surface area (Å²) in [5, 5.41) is 3.56. The Labute approximate surface area is 110 Å². The fourth-order valence-corrected chi connectivity index (χ4v) is 5.87. The Morgan fingerprint density at radius 1 is 1.06 bits per heavy atom. The van der Waals surface area contributed by atoms with Crippen LogP contribution in [-0.4, -0.2) is 42.7 Å². The van der Waals surface area contributed by atoms with Crippen LogP contribution in [0.15, 0.2) is 0 Å². The summed E-state index contributed by atoms with van der Waals surface area (Å²) in [7, 11) is 0. The molecule has 1 aliphatic heterocycles. The second-order valence-electron chi connectivity index (χ2n) is 7.47. The topological polar surface area (TPSA) is 41.3 Å². The molecule has 0 aromatic carbocycles. The minimum absolute atomic E-state index is 0.534. The summed E-state index contributed by atoms with van der Waals surface area (Å²) in [6, 6.07) is 0.534. The average molecular weight is 249 g/mol. The molecule has 4 saturated carbocycles. The summed E-state index contributed by atoms with van der Waals surface area (Å²) in [6.07, 6.45) is 9.13. The van der Waals surface area contributed by atoms with Gasteiger partial charge in [-0.1, -0.05) is 0 Å². The Kier molecular flexibility index (Phi) is 2.72. The molecular weight excluding hydrogens is 222 g/mol. The maximum Gasteiger partial charge on any atom is 0.0318 e. The molecule has 0 aromatic heterocycles. The number of hydrogen-bond donors (Lipinski definition) is 2. The standard InChI is InChI=1S/C15H27N3/c16-9-14-10-18(2-1-17-14)15-6-11-3-12(7-15)5-13(4-11)8-15/h11-14,17H,1-10,16H2. The Balaban J connectivity index is 1.56. The molecule has 5 fully saturated rings. The van der Waals surface area contributed by atoms with Gasteiger partial charge in [-0.25, -0.2) is 0 Å². The molecule has 18 heavy (non-hydrogen) atoms. The molecule has 4 bridgehead atoms. The normalized spacial score (nSPS) is 51.8. The average Bonchev–Trinajstić information content (AvgIpc) is 2.37. The van der Waals surface area contributed by atoms with Crippen LogP contribution in [-0.2, 0) is 0 Å². The van der Waals surface area contributed by atoms with Crippen LogP contribution in [0.5, 0.6) is 0 Å². The molecule has 1 heterocycles. The molecule has 3 nitrogen and oxygen atoms in total. The highest BCUT2D eigenvalue weighted by Crippen LogP contribution is 2.57. The maximum absolute atomic E-state index is 5.87. The first-order valence-electron chi connectivity index (χ1n) is 7.96. The molecule has 5 aliphatic rings. The molecule has 1 saturated heterocycles. The van der Waals surface area contributed by atoms with Gasteiger partial charge in [-0.05, 0) is 56.3 Å². The molecule has 0 spiro atoms. The van der Waals surface area contributed by atoms with Crippen molar-refractivity contribution in [3.63, 3.8) is 0 Å². The van der Waals surface area contributed by atoms with Crippen molar-refractivity contribution in [2.24, 2.45) is 23.5 Å². The van der Waals surface area contributed by atoms with Crippen LogP contribution < -0.4 is 11.1 Å². The lowest BCUT2D eigenvalue weighted by atomic mass is 9.52. The molecule has 3 heteroatoms. The first kappa shape index (κ1) is 11.7. The van der Waals surface area contributed by atoms with E-state index in [0.717, 1.165) is 30.8 Å². The Morgan fingerprint density at radius 2 is 1.67 bits per heavy atom. The van der Waals surface area contributed by atoms with Gasteiger partial charge in [0.25, 0.3) is 0 Å². The van der Waals surface area contributed by atoms with Gasteiger partial charge in [0.05, 0.1) is 0 Å². The Bertz CT molecular complexity index is 292. The lowest BCUT2D eigenvalue weighted by Gasteiger charge is -2.61. The monoisotopic (exact) mass is 249 g/mol. The first-order valence-corrected chi connectivity index (χ1v) is 7.96. The van der Waals surface area contributed by atoms with E-state index in [1.807, 2.05) is 0 Å². The van der Waals surface area contributed by atoms with Crippen molar-refractivity contribution >= 4 is 0 Å². The zero-order chi connectivity index (χ0) is 12.2. The molecule has 0 amide bonds. The van der Waals surface area contributed by atoms with Crippen molar-refractivity contribution in [2.75, 3.05) is 26.2 Å². The van der Waals surface area contributed by atoms with E-state index in [0.29, 0.717) is 11.6 Å². The van der Waals surface area contributed by atoms with Gasteiger partial charge in [0.1, 0.15) is 0 Å². The highest BCUT2D eigenvalue weighted by molar-refractivity contribution is 5.08. The molecule has 1 unspecified atom stereocenters. The molecule has 102 valence electrons. The lowest BCUT2D eigenvalue weighted by molar-refractivity contribution is -0.0961. The third-order valence-electron chi connectivity index (χ3n) is 6.22. The van der Waals surface area contributed by atoms with Gasteiger partial charge in [-0.3, -0.25) is 4.90 Å². The Hall–Kier alpha value is -0.120. The van der Waals surface area contributed by atoms with E-state index in [4.69, 9.17) is 5.73 Å². The third kappa shape index (κ3) is 1.75. The summed E-state index contributed by atoms with van der Waals surface area (Å²) in [5.74, 6) is 3.17. The van der Waals surface area contributed by atoms with Gasteiger partial charge >= 0.3 is 0 Å². The van der Waals surface area contributed by atoms with Crippen molar-refractivity contribution < 1.29 is 0 Å². The van der Waals surface area contributed by atoms with Gasteiger partial charge in [0, 0.05) is 37.8 Å². The summed E-state index contributed by atoms with van der Waals surface area (Å²) < 4.78 is 0. The zero-order valence-corrected chi connectivity index (χ0v) is 11.4. The molecule has 0 aromatic rings. The smallest absolute Gasteiger partial charge is 0.0318 e. The van der Waals surface area contributed by atoms with E-state index < -0.39 is 0 Å². The van der Waals surface area contributed by atoms with Crippen LogP contribution in [0.4, 0.5) is 0 Å². The van der Waals surface area contributed by atoms with Gasteiger partial charge in [-0.15, -0.1) is 0 Å². The van der Waals surface area contributed by atoms with E-state index in [-0.39, 0.29) is 0 Å². The van der Waals surface area contributed by atoms with Crippen LogP contribution in [0.2, 0.25) is 0 Å². The number of nitrogens with zero attached hydrogens (tertiary/aromatic N) is 1. The van der Waals surface area contributed by atoms with E-state index in [2.05, 4.69) is 10.2 Å². The van der Waals surface area contributed by atoms with Gasteiger partial charge < -0.3 is 11.1 Å². The number of nitrogens with two attached hydrogens (primary N) is 1. The second kappa shape index (κ2) is 4.19. The van der Waals surface area contributed by atoms with E-state index >= 15 is 0 Å². The zero-order valence-electron chi connectivity index (χ0n) is 11.4. The van der Waals surface area contributed by atoms with E-state index in [9.17, 15) is 0 Å². The largest absolute Gasteiger partial charge is 0.329 e. The van der Waals surface area contributed by atoms with Crippen LogP contribution in [0.25, 0.3) is 0 Å². The van der Waals surface area contributed by atoms with Crippen LogP contribution in [0.3, 0.4) is 0 Å². The van der Waals surface area contributed by atoms with Crippen LogP contribution >= 0.6 is 0 Å². The predicted octanol–water partition coefficient (Wildman–Crippen LogP) is 1.19. The van der Waals surface area contributed by atoms with Crippen molar-refractivity contribution in [3.8, 4) is 0 Å². The lowest BCUT2D eigenvalue weighted by Crippen LogP contribution is -2.66. The van der Waals surface area contributed by atoms with Gasteiger partial charge in [-0.2, -0.15) is 0 Å². The third-order valence-corrected chi connectivity index (χ3v) is 6.22. The maximum atomic E-state index is 5.87. The summed E-state index contributed by atoms with van der Waals surface area (Å²) >= 11 is 0. The molecule has 0 radical (unpaired) electrons. The first-order chi connectivity index (χ1) is 8.77. The molecule has 3 N–H and O–H groups in total. The predicted molar refractivity (Wildman–Crippen MR) is 73.3 cm³/mol. The van der Waals surface area contributed by atoms with Crippen molar-refractivity contribution in [3.05, 3.63) is 0 Å². The number of nitrogens with one attached hydrogen (secondary N) is 1. The summed E-state index contributed by atoms with van der Waals surface area (Å²) in [4.78, 5) is 2.84. The number of piperazine rings is 1. The van der Waals surface area contributed by atoms with Crippen LogP contribution in [0.1, 0.15) is 38.5 Å².